The molecular formula is C20H17Cl2N3O4. The zero-order valence-electron chi connectivity index (χ0n) is 15.3. The molecule has 150 valence electrons. The Hall–Kier alpha value is -3.03. The molecule has 1 heterocycles. The number of halogens is 2. The molecule has 0 spiro atoms. The van der Waals surface area contributed by atoms with E-state index in [2.05, 4.69) is 16.0 Å². The van der Waals surface area contributed by atoms with Gasteiger partial charge in [0, 0.05) is 47.1 Å². The van der Waals surface area contributed by atoms with Crippen molar-refractivity contribution in [2.45, 2.75) is 19.4 Å². The van der Waals surface area contributed by atoms with Gasteiger partial charge < -0.3 is 21.1 Å². The van der Waals surface area contributed by atoms with E-state index in [9.17, 15) is 19.5 Å². The summed E-state index contributed by atoms with van der Waals surface area (Å²) in [5, 5.41) is 18.3. The molecule has 7 nitrogen and oxygen atoms in total. The molecule has 0 saturated carbocycles. The summed E-state index contributed by atoms with van der Waals surface area (Å²) in [7, 11) is 0. The number of nitrogens with one attached hydrogen (secondary N) is 3. The van der Waals surface area contributed by atoms with Crippen molar-refractivity contribution in [3.63, 3.8) is 0 Å². The van der Waals surface area contributed by atoms with Crippen LogP contribution in [0.25, 0.3) is 5.57 Å². The van der Waals surface area contributed by atoms with Crippen LogP contribution in [-0.2, 0) is 14.4 Å². The third-order valence-corrected chi connectivity index (χ3v) is 4.70. The lowest BCUT2D eigenvalue weighted by Crippen LogP contribution is -2.33. The van der Waals surface area contributed by atoms with Crippen molar-refractivity contribution in [3.8, 4) is 0 Å². The van der Waals surface area contributed by atoms with Crippen molar-refractivity contribution >= 4 is 63.6 Å². The van der Waals surface area contributed by atoms with Crippen LogP contribution in [0.1, 0.15) is 18.9 Å². The Morgan fingerprint density at radius 2 is 1.83 bits per heavy atom. The standard InChI is InChI=1S/C20H17Cl2N3O4/c1-10(26)23-13-3-2-4-14(9-13)24-18(27)6-11-5-17(20(28)29)25-16-8-12(21)7-15(22)19(11)16/h2-4,6-9,17,25H,5H2,1H3,(H,23,26)(H,24,27)(H,28,29)/b11-6+. The summed E-state index contributed by atoms with van der Waals surface area (Å²) in [6.45, 7) is 1.39. The van der Waals surface area contributed by atoms with Crippen molar-refractivity contribution in [2.24, 2.45) is 0 Å². The molecule has 0 fully saturated rings. The van der Waals surface area contributed by atoms with Crippen LogP contribution in [0.5, 0.6) is 0 Å². The van der Waals surface area contributed by atoms with Crippen molar-refractivity contribution < 1.29 is 19.5 Å². The van der Waals surface area contributed by atoms with Gasteiger partial charge in [-0.15, -0.1) is 0 Å². The van der Waals surface area contributed by atoms with E-state index in [0.717, 1.165) is 0 Å². The van der Waals surface area contributed by atoms with Gasteiger partial charge in [-0.2, -0.15) is 0 Å². The second kappa shape index (κ2) is 8.55. The van der Waals surface area contributed by atoms with E-state index < -0.39 is 17.9 Å². The zero-order valence-corrected chi connectivity index (χ0v) is 16.8. The second-order valence-electron chi connectivity index (χ2n) is 6.47. The van der Waals surface area contributed by atoms with Gasteiger partial charge in [0.05, 0.1) is 5.02 Å². The van der Waals surface area contributed by atoms with Crippen LogP contribution in [0, 0.1) is 0 Å². The number of hydrogen-bond acceptors (Lipinski definition) is 4. The fourth-order valence-electron chi connectivity index (χ4n) is 3.07. The van der Waals surface area contributed by atoms with Crippen LogP contribution in [0.15, 0.2) is 42.5 Å². The van der Waals surface area contributed by atoms with Crippen LogP contribution in [0.2, 0.25) is 10.0 Å². The number of carboxylic acid groups (broad SMARTS) is 1. The molecular weight excluding hydrogens is 417 g/mol. The number of carboxylic acids is 1. The SMILES string of the molecule is CC(=O)Nc1cccc(NC(=O)/C=C2\CC(C(=O)O)Nc3cc(Cl)cc(Cl)c32)c1. The highest BCUT2D eigenvalue weighted by atomic mass is 35.5. The molecule has 2 aromatic rings. The average molecular weight is 434 g/mol. The van der Waals surface area contributed by atoms with Crippen molar-refractivity contribution in [2.75, 3.05) is 16.0 Å². The Morgan fingerprint density at radius 1 is 1.14 bits per heavy atom. The van der Waals surface area contributed by atoms with Crippen LogP contribution in [-0.4, -0.2) is 28.9 Å². The molecule has 4 N–H and O–H groups in total. The summed E-state index contributed by atoms with van der Waals surface area (Å²) in [6.07, 6.45) is 1.39. The Balaban J connectivity index is 1.90. The summed E-state index contributed by atoms with van der Waals surface area (Å²) in [5.74, 6) is -1.74. The minimum Gasteiger partial charge on any atom is -0.480 e. The lowest BCUT2D eigenvalue weighted by atomic mass is 9.92. The minimum absolute atomic E-state index is 0.0725. The molecule has 1 atom stereocenters. The van der Waals surface area contributed by atoms with Gasteiger partial charge in [0.1, 0.15) is 6.04 Å². The maximum atomic E-state index is 12.6. The largest absolute Gasteiger partial charge is 0.480 e. The van der Waals surface area contributed by atoms with Crippen LogP contribution >= 0.6 is 23.2 Å². The number of anilines is 3. The molecule has 9 heteroatoms. The van der Waals surface area contributed by atoms with Crippen molar-refractivity contribution in [1.82, 2.24) is 0 Å². The molecule has 0 aromatic heterocycles. The highest BCUT2D eigenvalue weighted by Gasteiger charge is 2.29. The molecule has 1 aliphatic rings. The van der Waals surface area contributed by atoms with Gasteiger partial charge in [-0.05, 0) is 35.9 Å². The normalized spacial score (nSPS) is 16.5. The first-order valence-electron chi connectivity index (χ1n) is 8.61. The number of rotatable bonds is 4. The molecule has 29 heavy (non-hydrogen) atoms. The lowest BCUT2D eigenvalue weighted by Gasteiger charge is -2.27. The fraction of sp³-hybridized carbons (Fsp3) is 0.150. The first kappa shape index (κ1) is 20.7. The second-order valence-corrected chi connectivity index (χ2v) is 7.31. The fourth-order valence-corrected chi connectivity index (χ4v) is 3.68. The van der Waals surface area contributed by atoms with E-state index in [1.165, 1.54) is 19.1 Å². The summed E-state index contributed by atoms with van der Waals surface area (Å²) < 4.78 is 0. The minimum atomic E-state index is -1.05. The predicted octanol–water partition coefficient (Wildman–Crippen LogP) is 4.24. The number of hydrogen-bond donors (Lipinski definition) is 4. The summed E-state index contributed by atoms with van der Waals surface area (Å²) in [5.41, 5.74) is 2.48. The maximum absolute atomic E-state index is 12.6. The smallest absolute Gasteiger partial charge is 0.326 e. The van der Waals surface area contributed by atoms with E-state index in [1.807, 2.05) is 0 Å². The van der Waals surface area contributed by atoms with Crippen molar-refractivity contribution in [1.29, 1.82) is 0 Å². The summed E-state index contributed by atoms with van der Waals surface area (Å²) >= 11 is 12.3. The predicted molar refractivity (Wildman–Crippen MR) is 113 cm³/mol. The molecule has 0 aliphatic carbocycles. The molecule has 0 radical (unpaired) electrons. The van der Waals surface area contributed by atoms with E-state index in [-0.39, 0.29) is 12.3 Å². The number of aliphatic carboxylic acids is 1. The van der Waals surface area contributed by atoms with Crippen LogP contribution in [0.3, 0.4) is 0 Å². The van der Waals surface area contributed by atoms with Crippen LogP contribution in [0.4, 0.5) is 17.1 Å². The van der Waals surface area contributed by atoms with Gasteiger partial charge in [-0.1, -0.05) is 29.3 Å². The molecule has 0 bridgehead atoms. The highest BCUT2D eigenvalue weighted by molar-refractivity contribution is 6.36. The number of amides is 2. The molecule has 0 saturated heterocycles. The first-order chi connectivity index (χ1) is 13.7. The highest BCUT2D eigenvalue weighted by Crippen LogP contribution is 2.40. The number of benzene rings is 2. The topological polar surface area (TPSA) is 108 Å². The molecule has 1 unspecified atom stereocenters. The Labute approximate surface area is 176 Å². The molecule has 1 aliphatic heterocycles. The summed E-state index contributed by atoms with van der Waals surface area (Å²) in [4.78, 5) is 35.2. The Kier molecular flexibility index (Phi) is 6.10. The van der Waals surface area contributed by atoms with Gasteiger partial charge >= 0.3 is 5.97 Å². The van der Waals surface area contributed by atoms with Gasteiger partial charge in [0.15, 0.2) is 0 Å². The molecule has 2 amide bonds. The average Bonchev–Trinajstić information content (AvgIpc) is 2.60. The van der Waals surface area contributed by atoms with Gasteiger partial charge in [-0.25, -0.2) is 4.79 Å². The monoisotopic (exact) mass is 433 g/mol. The van der Waals surface area contributed by atoms with Crippen molar-refractivity contribution in [3.05, 3.63) is 58.1 Å². The van der Waals surface area contributed by atoms with E-state index in [4.69, 9.17) is 23.2 Å². The molecule has 2 aromatic carbocycles. The lowest BCUT2D eigenvalue weighted by molar-refractivity contribution is -0.137. The third kappa shape index (κ3) is 5.07. The third-order valence-electron chi connectivity index (χ3n) is 4.18. The zero-order chi connectivity index (χ0) is 21.1. The Morgan fingerprint density at radius 3 is 2.48 bits per heavy atom. The Bertz CT molecular complexity index is 1040. The quantitative estimate of drug-likeness (QED) is 0.539. The number of carbonyl (C=O) groups is 3. The number of carbonyl (C=O) groups excluding carboxylic acids is 2. The van der Waals surface area contributed by atoms with E-state index in [1.54, 1.807) is 30.3 Å². The van der Waals surface area contributed by atoms with Crippen LogP contribution < -0.4 is 16.0 Å². The van der Waals surface area contributed by atoms with E-state index >= 15 is 0 Å². The maximum Gasteiger partial charge on any atom is 0.326 e. The first-order valence-corrected chi connectivity index (χ1v) is 9.36. The van der Waals surface area contributed by atoms with Gasteiger partial charge in [0.2, 0.25) is 11.8 Å². The molecule has 3 rings (SSSR count). The van der Waals surface area contributed by atoms with E-state index in [0.29, 0.717) is 38.2 Å². The number of fused-ring (bicyclic) bond motifs is 1. The van der Waals surface area contributed by atoms with Gasteiger partial charge in [-0.3, -0.25) is 9.59 Å². The van der Waals surface area contributed by atoms with Gasteiger partial charge in [0.25, 0.3) is 0 Å². The summed E-state index contributed by atoms with van der Waals surface area (Å²) in [6, 6.07) is 8.85.